The van der Waals surface area contributed by atoms with Gasteiger partial charge in [0.25, 0.3) is 0 Å². The third-order valence-electron chi connectivity index (χ3n) is 3.43. The van der Waals surface area contributed by atoms with Crippen LogP contribution in [0.1, 0.15) is 15.9 Å². The third-order valence-corrected chi connectivity index (χ3v) is 3.43. The Kier molecular flexibility index (Phi) is 3.53. The number of carboxylic acid groups (broad SMARTS) is 1. The molecule has 0 aliphatic rings. The SMILES string of the molecule is N#Cc1cn(-c2ccc(C(=O)O)c(O)c2)cc1-c1cccnc1. The number of nitriles is 1. The van der Waals surface area contributed by atoms with Crippen LogP contribution in [-0.4, -0.2) is 25.7 Å². The Morgan fingerprint density at radius 3 is 2.70 bits per heavy atom. The number of nitrogens with zero attached hydrogens (tertiary/aromatic N) is 3. The van der Waals surface area contributed by atoms with Crippen molar-refractivity contribution in [2.45, 2.75) is 0 Å². The second-order valence-corrected chi connectivity index (χ2v) is 4.85. The van der Waals surface area contributed by atoms with Crippen molar-refractivity contribution in [3.8, 4) is 28.6 Å². The van der Waals surface area contributed by atoms with E-state index in [0.29, 0.717) is 16.8 Å². The van der Waals surface area contributed by atoms with Crippen LogP contribution in [0.2, 0.25) is 0 Å². The number of carbonyl (C=O) groups is 1. The molecule has 0 unspecified atom stereocenters. The quantitative estimate of drug-likeness (QED) is 0.775. The molecule has 3 rings (SSSR count). The van der Waals surface area contributed by atoms with Crippen molar-refractivity contribution in [2.75, 3.05) is 0 Å². The summed E-state index contributed by atoms with van der Waals surface area (Å²) in [5.74, 6) is -1.53. The zero-order valence-corrected chi connectivity index (χ0v) is 11.8. The number of hydrogen-bond acceptors (Lipinski definition) is 4. The molecule has 6 heteroatoms. The normalized spacial score (nSPS) is 10.2. The van der Waals surface area contributed by atoms with E-state index in [2.05, 4.69) is 11.1 Å². The van der Waals surface area contributed by atoms with E-state index >= 15 is 0 Å². The van der Waals surface area contributed by atoms with Crippen LogP contribution in [0.4, 0.5) is 0 Å². The first-order valence-electron chi connectivity index (χ1n) is 6.69. The molecule has 0 atom stereocenters. The lowest BCUT2D eigenvalue weighted by Crippen LogP contribution is -1.98. The summed E-state index contributed by atoms with van der Waals surface area (Å²) in [6.07, 6.45) is 6.67. The largest absolute Gasteiger partial charge is 0.507 e. The van der Waals surface area contributed by atoms with Gasteiger partial charge in [0.15, 0.2) is 0 Å². The molecule has 0 aliphatic heterocycles. The summed E-state index contributed by atoms with van der Waals surface area (Å²) >= 11 is 0. The Labute approximate surface area is 131 Å². The van der Waals surface area contributed by atoms with Gasteiger partial charge in [0.2, 0.25) is 0 Å². The Morgan fingerprint density at radius 1 is 1.26 bits per heavy atom. The summed E-state index contributed by atoms with van der Waals surface area (Å²) in [7, 11) is 0. The molecule has 2 aromatic heterocycles. The zero-order chi connectivity index (χ0) is 16.4. The van der Waals surface area contributed by atoms with E-state index in [1.807, 2.05) is 6.07 Å². The van der Waals surface area contributed by atoms with Gasteiger partial charge in [0, 0.05) is 47.7 Å². The lowest BCUT2D eigenvalue weighted by Gasteiger charge is -2.05. The van der Waals surface area contributed by atoms with Crippen molar-refractivity contribution in [2.24, 2.45) is 0 Å². The van der Waals surface area contributed by atoms with E-state index in [1.165, 1.54) is 12.1 Å². The maximum Gasteiger partial charge on any atom is 0.339 e. The first kappa shape index (κ1) is 14.4. The minimum atomic E-state index is -1.20. The molecule has 0 fully saturated rings. The number of hydrogen-bond donors (Lipinski definition) is 2. The molecule has 1 aromatic carbocycles. The molecule has 3 aromatic rings. The number of carboxylic acids is 1. The second kappa shape index (κ2) is 5.66. The van der Waals surface area contributed by atoms with Gasteiger partial charge < -0.3 is 14.8 Å². The van der Waals surface area contributed by atoms with Crippen LogP contribution in [0, 0.1) is 11.3 Å². The molecular weight excluding hydrogens is 294 g/mol. The van der Waals surface area contributed by atoms with E-state index in [9.17, 15) is 15.2 Å². The Bertz CT molecular complexity index is 924. The summed E-state index contributed by atoms with van der Waals surface area (Å²) in [6.45, 7) is 0. The van der Waals surface area contributed by atoms with Gasteiger partial charge >= 0.3 is 5.97 Å². The molecule has 6 nitrogen and oxygen atoms in total. The van der Waals surface area contributed by atoms with Crippen LogP contribution in [0.5, 0.6) is 5.75 Å². The summed E-state index contributed by atoms with van der Waals surface area (Å²) < 4.78 is 1.66. The number of aromatic nitrogens is 2. The van der Waals surface area contributed by atoms with Crippen molar-refractivity contribution in [1.82, 2.24) is 9.55 Å². The van der Waals surface area contributed by atoms with E-state index in [0.717, 1.165) is 5.56 Å². The number of phenols is 1. The molecule has 0 spiro atoms. The van der Waals surface area contributed by atoms with E-state index < -0.39 is 5.97 Å². The summed E-state index contributed by atoms with van der Waals surface area (Å²) in [5, 5.41) is 28.1. The average molecular weight is 305 g/mol. The molecule has 112 valence electrons. The van der Waals surface area contributed by atoms with Gasteiger partial charge in [-0.25, -0.2) is 4.79 Å². The highest BCUT2D eigenvalue weighted by molar-refractivity contribution is 5.91. The fourth-order valence-corrected chi connectivity index (χ4v) is 2.31. The predicted molar refractivity (Wildman–Crippen MR) is 82.3 cm³/mol. The zero-order valence-electron chi connectivity index (χ0n) is 11.8. The number of aromatic hydroxyl groups is 1. The molecule has 0 amide bonds. The van der Waals surface area contributed by atoms with Crippen molar-refractivity contribution in [3.05, 3.63) is 66.2 Å². The van der Waals surface area contributed by atoms with Gasteiger partial charge in [0.1, 0.15) is 17.4 Å². The van der Waals surface area contributed by atoms with Crippen LogP contribution in [-0.2, 0) is 0 Å². The highest BCUT2D eigenvalue weighted by atomic mass is 16.4. The minimum Gasteiger partial charge on any atom is -0.507 e. The van der Waals surface area contributed by atoms with Crippen LogP contribution < -0.4 is 0 Å². The van der Waals surface area contributed by atoms with Gasteiger partial charge in [-0.1, -0.05) is 6.07 Å². The molecule has 0 saturated carbocycles. The fourth-order valence-electron chi connectivity index (χ4n) is 2.31. The maximum atomic E-state index is 10.9. The lowest BCUT2D eigenvalue weighted by atomic mass is 10.1. The fraction of sp³-hybridized carbons (Fsp3) is 0. The average Bonchev–Trinajstić information content (AvgIpc) is 2.99. The van der Waals surface area contributed by atoms with Gasteiger partial charge in [-0.2, -0.15) is 5.26 Å². The Hall–Kier alpha value is -3.59. The number of pyridine rings is 1. The minimum absolute atomic E-state index is 0.172. The third kappa shape index (κ3) is 2.63. The highest BCUT2D eigenvalue weighted by Gasteiger charge is 2.13. The topological polar surface area (TPSA) is 99.1 Å². The lowest BCUT2D eigenvalue weighted by molar-refractivity contribution is 0.0694. The highest BCUT2D eigenvalue weighted by Crippen LogP contribution is 2.27. The maximum absolute atomic E-state index is 10.9. The first-order chi connectivity index (χ1) is 11.1. The number of benzene rings is 1. The molecule has 0 bridgehead atoms. The van der Waals surface area contributed by atoms with Gasteiger partial charge in [-0.3, -0.25) is 4.98 Å². The predicted octanol–water partition coefficient (Wildman–Crippen LogP) is 2.81. The molecule has 0 radical (unpaired) electrons. The molecular formula is C17H11N3O3. The number of rotatable bonds is 3. The monoisotopic (exact) mass is 305 g/mol. The molecule has 2 N–H and O–H groups in total. The molecule has 0 saturated heterocycles. The van der Waals surface area contributed by atoms with Gasteiger partial charge in [0.05, 0.1) is 5.56 Å². The van der Waals surface area contributed by atoms with Crippen molar-refractivity contribution >= 4 is 5.97 Å². The van der Waals surface area contributed by atoms with Crippen LogP contribution >= 0.6 is 0 Å². The molecule has 0 aliphatic carbocycles. The van der Waals surface area contributed by atoms with Crippen molar-refractivity contribution < 1.29 is 15.0 Å². The summed E-state index contributed by atoms with van der Waals surface area (Å²) in [4.78, 5) is 15.0. The van der Waals surface area contributed by atoms with Crippen molar-refractivity contribution in [1.29, 1.82) is 5.26 Å². The van der Waals surface area contributed by atoms with Gasteiger partial charge in [-0.15, -0.1) is 0 Å². The van der Waals surface area contributed by atoms with E-state index in [1.54, 1.807) is 41.5 Å². The van der Waals surface area contributed by atoms with Gasteiger partial charge in [-0.05, 0) is 18.2 Å². The van der Waals surface area contributed by atoms with Crippen LogP contribution in [0.15, 0.2) is 55.1 Å². The van der Waals surface area contributed by atoms with E-state index in [-0.39, 0.29) is 11.3 Å². The summed E-state index contributed by atoms with van der Waals surface area (Å²) in [5.41, 5.74) is 2.35. The van der Waals surface area contributed by atoms with E-state index in [4.69, 9.17) is 5.11 Å². The second-order valence-electron chi connectivity index (χ2n) is 4.85. The first-order valence-corrected chi connectivity index (χ1v) is 6.69. The Morgan fingerprint density at radius 2 is 2.09 bits per heavy atom. The summed E-state index contributed by atoms with van der Waals surface area (Å²) in [6, 6.07) is 9.98. The molecule has 23 heavy (non-hydrogen) atoms. The van der Waals surface area contributed by atoms with Crippen molar-refractivity contribution in [3.63, 3.8) is 0 Å². The molecule has 2 heterocycles. The number of aromatic carboxylic acids is 1. The van der Waals surface area contributed by atoms with Crippen LogP contribution in [0.3, 0.4) is 0 Å². The standard InChI is InChI=1S/C17H11N3O3/c18-7-12-9-20(10-15(12)11-2-1-5-19-8-11)13-3-4-14(17(22)23)16(21)6-13/h1-6,8-10,21H,(H,22,23). The van der Waals surface area contributed by atoms with Crippen LogP contribution in [0.25, 0.3) is 16.8 Å². The Balaban J connectivity index is 2.09. The smallest absolute Gasteiger partial charge is 0.339 e.